The quantitative estimate of drug-likeness (QED) is 0.458. The molecule has 3 aromatic rings. The SMILES string of the molecule is COC(=O)C1(c2ccccc2)CN(CCCNc2ccnc3cc(Cl)ccc23)C=N1. The maximum Gasteiger partial charge on any atom is 0.340 e. The third-order valence-corrected chi connectivity index (χ3v) is 5.53. The molecule has 4 rings (SSSR count). The number of aromatic nitrogens is 1. The number of benzene rings is 2. The summed E-state index contributed by atoms with van der Waals surface area (Å²) in [4.78, 5) is 23.6. The molecule has 1 aromatic heterocycles. The van der Waals surface area contributed by atoms with Crippen LogP contribution in [-0.4, -0.2) is 48.9 Å². The number of esters is 1. The highest BCUT2D eigenvalue weighted by Crippen LogP contribution is 2.32. The Kier molecular flexibility index (Phi) is 5.86. The lowest BCUT2D eigenvalue weighted by atomic mass is 9.91. The van der Waals surface area contributed by atoms with E-state index in [0.29, 0.717) is 11.6 Å². The van der Waals surface area contributed by atoms with Crippen molar-refractivity contribution in [1.82, 2.24) is 9.88 Å². The van der Waals surface area contributed by atoms with Crippen molar-refractivity contribution >= 4 is 40.5 Å². The van der Waals surface area contributed by atoms with Crippen LogP contribution in [0.5, 0.6) is 0 Å². The molecular weight excluding hydrogens is 400 g/mol. The van der Waals surface area contributed by atoms with E-state index >= 15 is 0 Å². The van der Waals surface area contributed by atoms with E-state index in [4.69, 9.17) is 16.3 Å². The van der Waals surface area contributed by atoms with E-state index in [1.54, 1.807) is 12.5 Å². The van der Waals surface area contributed by atoms with Crippen LogP contribution in [0.15, 0.2) is 65.8 Å². The number of fused-ring (bicyclic) bond motifs is 1. The van der Waals surface area contributed by atoms with Gasteiger partial charge >= 0.3 is 5.97 Å². The Hall–Kier alpha value is -3.12. The Morgan fingerprint density at radius 3 is 2.87 bits per heavy atom. The number of rotatable bonds is 7. The fourth-order valence-electron chi connectivity index (χ4n) is 3.76. The van der Waals surface area contributed by atoms with E-state index in [2.05, 4.69) is 20.2 Å². The minimum atomic E-state index is -0.996. The second kappa shape index (κ2) is 8.71. The van der Waals surface area contributed by atoms with Crippen LogP contribution in [0.3, 0.4) is 0 Å². The van der Waals surface area contributed by atoms with E-state index in [1.807, 2.05) is 54.6 Å². The van der Waals surface area contributed by atoms with E-state index in [0.717, 1.165) is 41.7 Å². The Labute approximate surface area is 180 Å². The van der Waals surface area contributed by atoms with Crippen molar-refractivity contribution in [3.63, 3.8) is 0 Å². The lowest BCUT2D eigenvalue weighted by Gasteiger charge is -2.26. The second-order valence-electron chi connectivity index (χ2n) is 7.23. The predicted octanol–water partition coefficient (Wildman–Crippen LogP) is 4.10. The Bertz CT molecular complexity index is 1070. The first-order chi connectivity index (χ1) is 14.6. The summed E-state index contributed by atoms with van der Waals surface area (Å²) in [7, 11) is 1.40. The Morgan fingerprint density at radius 1 is 1.23 bits per heavy atom. The summed E-state index contributed by atoms with van der Waals surface area (Å²) < 4.78 is 5.07. The molecule has 2 aromatic carbocycles. The first-order valence-electron chi connectivity index (χ1n) is 9.84. The highest BCUT2D eigenvalue weighted by molar-refractivity contribution is 6.31. The molecule has 0 saturated carbocycles. The molecule has 154 valence electrons. The lowest BCUT2D eigenvalue weighted by molar-refractivity contribution is -0.147. The number of ether oxygens (including phenoxy) is 1. The van der Waals surface area contributed by atoms with Gasteiger partial charge < -0.3 is 15.0 Å². The van der Waals surface area contributed by atoms with Gasteiger partial charge in [-0.2, -0.15) is 0 Å². The molecule has 6 nitrogen and oxygen atoms in total. The monoisotopic (exact) mass is 422 g/mol. The number of nitrogens with zero attached hydrogens (tertiary/aromatic N) is 3. The number of methoxy groups -OCH3 is 1. The molecule has 1 aliphatic rings. The van der Waals surface area contributed by atoms with Crippen LogP contribution in [0.25, 0.3) is 10.9 Å². The van der Waals surface area contributed by atoms with Gasteiger partial charge in [0.1, 0.15) is 0 Å². The van der Waals surface area contributed by atoms with Gasteiger partial charge in [0, 0.05) is 35.4 Å². The van der Waals surface area contributed by atoms with Gasteiger partial charge in [-0.05, 0) is 36.2 Å². The topological polar surface area (TPSA) is 66.8 Å². The normalized spacial score (nSPS) is 18.0. The number of anilines is 1. The van der Waals surface area contributed by atoms with Crippen LogP contribution in [0.1, 0.15) is 12.0 Å². The van der Waals surface area contributed by atoms with Crippen molar-refractivity contribution in [3.8, 4) is 0 Å². The summed E-state index contributed by atoms with van der Waals surface area (Å²) in [5.74, 6) is -0.340. The number of hydrogen-bond acceptors (Lipinski definition) is 6. The number of nitrogens with one attached hydrogen (secondary N) is 1. The molecule has 30 heavy (non-hydrogen) atoms. The molecule has 2 heterocycles. The minimum Gasteiger partial charge on any atom is -0.467 e. The highest BCUT2D eigenvalue weighted by Gasteiger charge is 2.45. The standard InChI is InChI=1S/C23H23ClN4O2/c1-30-22(29)23(17-6-3-2-4-7-17)15-28(16-27-23)13-5-11-25-20-10-12-26-21-14-18(24)8-9-19(20)21/h2-4,6-10,12,14,16H,5,11,13,15H2,1H3,(H,25,26). The first kappa shape index (κ1) is 20.2. The van der Waals surface area contributed by atoms with Gasteiger partial charge in [0.15, 0.2) is 0 Å². The number of aliphatic imine (C=N–C) groups is 1. The zero-order valence-electron chi connectivity index (χ0n) is 16.7. The molecule has 1 atom stereocenters. The summed E-state index contributed by atoms with van der Waals surface area (Å²) >= 11 is 6.06. The third kappa shape index (κ3) is 3.96. The molecule has 0 aliphatic carbocycles. The van der Waals surface area contributed by atoms with E-state index < -0.39 is 5.54 Å². The molecule has 1 aliphatic heterocycles. The minimum absolute atomic E-state index is 0.340. The Morgan fingerprint density at radius 2 is 2.07 bits per heavy atom. The average molecular weight is 423 g/mol. The van der Waals surface area contributed by atoms with Crippen molar-refractivity contribution in [3.05, 3.63) is 71.4 Å². The summed E-state index contributed by atoms with van der Waals surface area (Å²) in [6.45, 7) is 2.03. The van der Waals surface area contributed by atoms with Crippen LogP contribution >= 0.6 is 11.6 Å². The van der Waals surface area contributed by atoms with Crippen LogP contribution < -0.4 is 5.32 Å². The van der Waals surface area contributed by atoms with Gasteiger partial charge in [0.2, 0.25) is 5.54 Å². The van der Waals surface area contributed by atoms with Gasteiger partial charge in [-0.25, -0.2) is 4.79 Å². The average Bonchev–Trinajstić information content (AvgIpc) is 3.22. The second-order valence-corrected chi connectivity index (χ2v) is 7.67. The number of halogens is 1. The van der Waals surface area contributed by atoms with Crippen molar-refractivity contribution in [2.45, 2.75) is 12.0 Å². The number of carbonyl (C=O) groups is 1. The maximum atomic E-state index is 12.6. The van der Waals surface area contributed by atoms with Gasteiger partial charge in [-0.3, -0.25) is 9.98 Å². The fourth-order valence-corrected chi connectivity index (χ4v) is 3.92. The van der Waals surface area contributed by atoms with Crippen LogP contribution in [0, 0.1) is 0 Å². The van der Waals surface area contributed by atoms with Crippen molar-refractivity contribution in [1.29, 1.82) is 0 Å². The molecule has 1 N–H and O–H groups in total. The van der Waals surface area contributed by atoms with Crippen molar-refractivity contribution in [2.75, 3.05) is 32.1 Å². The summed E-state index contributed by atoms with van der Waals surface area (Å²) in [5.41, 5.74) is 1.74. The molecule has 7 heteroatoms. The lowest BCUT2D eigenvalue weighted by Crippen LogP contribution is -2.40. The van der Waals surface area contributed by atoms with Crippen molar-refractivity contribution < 1.29 is 9.53 Å². The molecule has 0 saturated heterocycles. The smallest absolute Gasteiger partial charge is 0.340 e. The van der Waals surface area contributed by atoms with Crippen molar-refractivity contribution in [2.24, 2.45) is 4.99 Å². The number of pyridine rings is 1. The molecule has 1 unspecified atom stereocenters. The van der Waals surface area contributed by atoms with Crippen LogP contribution in [0.4, 0.5) is 5.69 Å². The number of hydrogen-bond donors (Lipinski definition) is 1. The zero-order valence-corrected chi connectivity index (χ0v) is 17.5. The summed E-state index contributed by atoms with van der Waals surface area (Å²) in [6, 6.07) is 17.2. The molecular formula is C23H23ClN4O2. The van der Waals surface area contributed by atoms with Gasteiger partial charge in [0.05, 0.1) is 25.5 Å². The Balaban J connectivity index is 1.37. The van der Waals surface area contributed by atoms with Gasteiger partial charge in [-0.15, -0.1) is 0 Å². The van der Waals surface area contributed by atoms with E-state index in [-0.39, 0.29) is 5.97 Å². The first-order valence-corrected chi connectivity index (χ1v) is 10.2. The highest BCUT2D eigenvalue weighted by atomic mass is 35.5. The van der Waals surface area contributed by atoms with E-state index in [1.165, 1.54) is 7.11 Å². The molecule has 0 radical (unpaired) electrons. The summed E-state index contributed by atoms with van der Waals surface area (Å²) in [6.07, 6.45) is 4.42. The van der Waals surface area contributed by atoms with Gasteiger partial charge in [0.25, 0.3) is 0 Å². The fraction of sp³-hybridized carbons (Fsp3) is 0.261. The van der Waals surface area contributed by atoms with Crippen LogP contribution in [0.2, 0.25) is 5.02 Å². The maximum absolute atomic E-state index is 12.6. The van der Waals surface area contributed by atoms with Gasteiger partial charge in [-0.1, -0.05) is 41.9 Å². The molecule has 0 fully saturated rings. The number of carbonyl (C=O) groups excluding carboxylic acids is 1. The van der Waals surface area contributed by atoms with Crippen LogP contribution in [-0.2, 0) is 15.1 Å². The van der Waals surface area contributed by atoms with E-state index in [9.17, 15) is 4.79 Å². The largest absolute Gasteiger partial charge is 0.467 e. The summed E-state index contributed by atoms with van der Waals surface area (Å²) in [5, 5.41) is 5.19. The predicted molar refractivity (Wildman–Crippen MR) is 120 cm³/mol. The molecule has 0 spiro atoms. The molecule has 0 bridgehead atoms. The molecule has 0 amide bonds. The zero-order chi connectivity index (χ0) is 21.0. The third-order valence-electron chi connectivity index (χ3n) is 5.29.